The third-order valence-electron chi connectivity index (χ3n) is 4.31. The van der Waals surface area contributed by atoms with Gasteiger partial charge in [-0.25, -0.2) is 4.79 Å². The lowest BCUT2D eigenvalue weighted by Crippen LogP contribution is -2.41. The smallest absolute Gasteiger partial charge is 0.410 e. The molecule has 5 nitrogen and oxygen atoms in total. The highest BCUT2D eigenvalue weighted by atomic mass is 16.6. The van der Waals surface area contributed by atoms with Crippen LogP contribution in [0.3, 0.4) is 0 Å². The van der Waals surface area contributed by atoms with Crippen molar-refractivity contribution >= 4 is 6.09 Å². The molecule has 1 saturated heterocycles. The van der Waals surface area contributed by atoms with E-state index in [1.807, 2.05) is 25.7 Å². The normalized spacial score (nSPS) is 19.9. The molecule has 2 aliphatic heterocycles. The minimum Gasteiger partial charge on any atom is -0.465 e. The zero-order valence-electron chi connectivity index (χ0n) is 13.8. The Hall–Kier alpha value is -1.49. The van der Waals surface area contributed by atoms with Gasteiger partial charge in [-0.1, -0.05) is 0 Å². The molecule has 2 aliphatic rings. The Kier molecular flexibility index (Phi) is 4.17. The summed E-state index contributed by atoms with van der Waals surface area (Å²) < 4.78 is 11.5. The van der Waals surface area contributed by atoms with Gasteiger partial charge in [0.2, 0.25) is 0 Å². The number of carbonyl (C=O) groups excluding carboxylic acids is 1. The number of likely N-dealkylation sites (tertiary alicyclic amines) is 1. The Bertz CT molecular complexity index is 513. The van der Waals surface area contributed by atoms with Gasteiger partial charge in [0.15, 0.2) is 0 Å². The second-order valence-corrected chi connectivity index (χ2v) is 7.27. The van der Waals surface area contributed by atoms with Crippen LogP contribution in [0, 0.1) is 0 Å². The SMILES string of the molecule is CC(C)(C)OC(=O)N1CCC(c2cc3c(o2)CCNC3)CC1. The number of ether oxygens (including phenoxy) is 1. The van der Waals surface area contributed by atoms with Crippen molar-refractivity contribution in [3.63, 3.8) is 0 Å². The van der Waals surface area contributed by atoms with Crippen LogP contribution in [0.5, 0.6) is 0 Å². The van der Waals surface area contributed by atoms with Gasteiger partial charge in [-0.2, -0.15) is 0 Å². The summed E-state index contributed by atoms with van der Waals surface area (Å²) in [6, 6.07) is 2.20. The summed E-state index contributed by atoms with van der Waals surface area (Å²) in [7, 11) is 0. The van der Waals surface area contributed by atoms with Gasteiger partial charge in [-0.15, -0.1) is 0 Å². The molecule has 1 aromatic heterocycles. The maximum absolute atomic E-state index is 12.1. The zero-order valence-corrected chi connectivity index (χ0v) is 13.8. The van der Waals surface area contributed by atoms with Crippen molar-refractivity contribution < 1.29 is 13.9 Å². The van der Waals surface area contributed by atoms with Crippen LogP contribution in [-0.4, -0.2) is 36.2 Å². The predicted octanol–water partition coefficient (Wildman–Crippen LogP) is 3.04. The Labute approximate surface area is 132 Å². The number of hydrogen-bond acceptors (Lipinski definition) is 4. The highest BCUT2D eigenvalue weighted by molar-refractivity contribution is 5.68. The van der Waals surface area contributed by atoms with Gasteiger partial charge in [-0.05, 0) is 39.7 Å². The van der Waals surface area contributed by atoms with Crippen molar-refractivity contribution in [1.29, 1.82) is 0 Å². The molecule has 0 unspecified atom stereocenters. The molecule has 1 N–H and O–H groups in total. The van der Waals surface area contributed by atoms with E-state index >= 15 is 0 Å². The van der Waals surface area contributed by atoms with Crippen LogP contribution in [0.25, 0.3) is 0 Å². The molecule has 1 aromatic rings. The lowest BCUT2D eigenvalue weighted by molar-refractivity contribution is 0.0200. The van der Waals surface area contributed by atoms with Crippen molar-refractivity contribution in [3.8, 4) is 0 Å². The van der Waals surface area contributed by atoms with E-state index in [9.17, 15) is 4.79 Å². The molecule has 0 bridgehead atoms. The first-order chi connectivity index (χ1) is 10.4. The number of fused-ring (bicyclic) bond motifs is 1. The average molecular weight is 306 g/mol. The standard InChI is InChI=1S/C17H26N2O3/c1-17(2,3)22-16(20)19-8-5-12(6-9-19)15-10-13-11-18-7-4-14(13)21-15/h10,12,18H,4-9,11H2,1-3H3. The summed E-state index contributed by atoms with van der Waals surface area (Å²) in [4.78, 5) is 13.9. The fourth-order valence-electron chi connectivity index (χ4n) is 3.15. The molecule has 0 spiro atoms. The third kappa shape index (κ3) is 3.46. The van der Waals surface area contributed by atoms with E-state index < -0.39 is 5.60 Å². The fraction of sp³-hybridized carbons (Fsp3) is 0.706. The Morgan fingerprint density at radius 2 is 2.09 bits per heavy atom. The average Bonchev–Trinajstić information content (AvgIpc) is 2.89. The molecular weight excluding hydrogens is 280 g/mol. The van der Waals surface area contributed by atoms with Gasteiger partial charge in [0.05, 0.1) is 0 Å². The minimum absolute atomic E-state index is 0.200. The van der Waals surface area contributed by atoms with Crippen molar-refractivity contribution in [2.45, 2.75) is 58.1 Å². The van der Waals surface area contributed by atoms with Crippen molar-refractivity contribution in [1.82, 2.24) is 10.2 Å². The minimum atomic E-state index is -0.430. The summed E-state index contributed by atoms with van der Waals surface area (Å²) in [5, 5.41) is 3.37. The topological polar surface area (TPSA) is 54.7 Å². The third-order valence-corrected chi connectivity index (χ3v) is 4.31. The molecule has 5 heteroatoms. The first kappa shape index (κ1) is 15.4. The molecule has 1 amide bonds. The summed E-state index contributed by atoms with van der Waals surface area (Å²) in [5.41, 5.74) is 0.872. The van der Waals surface area contributed by atoms with Gasteiger partial charge in [0.1, 0.15) is 17.1 Å². The number of nitrogens with one attached hydrogen (secondary N) is 1. The Morgan fingerprint density at radius 1 is 1.36 bits per heavy atom. The molecule has 0 atom stereocenters. The van der Waals surface area contributed by atoms with E-state index in [2.05, 4.69) is 11.4 Å². The molecule has 0 aromatic carbocycles. The summed E-state index contributed by atoms with van der Waals surface area (Å²) in [6.45, 7) is 9.09. The number of amides is 1. The number of rotatable bonds is 1. The van der Waals surface area contributed by atoms with Gasteiger partial charge >= 0.3 is 6.09 Å². The van der Waals surface area contributed by atoms with Gasteiger partial charge in [0.25, 0.3) is 0 Å². The largest absolute Gasteiger partial charge is 0.465 e. The summed E-state index contributed by atoms with van der Waals surface area (Å²) in [5.74, 6) is 2.66. The van der Waals surface area contributed by atoms with Crippen molar-refractivity contribution in [3.05, 3.63) is 23.2 Å². The summed E-state index contributed by atoms with van der Waals surface area (Å²) in [6.07, 6.45) is 2.67. The van der Waals surface area contributed by atoms with Gasteiger partial charge < -0.3 is 19.4 Å². The van der Waals surface area contributed by atoms with Crippen LogP contribution in [0.15, 0.2) is 10.5 Å². The fourth-order valence-corrected chi connectivity index (χ4v) is 3.15. The van der Waals surface area contributed by atoms with Crippen LogP contribution in [0.2, 0.25) is 0 Å². The van der Waals surface area contributed by atoms with E-state index in [-0.39, 0.29) is 6.09 Å². The molecule has 3 rings (SSSR count). The van der Waals surface area contributed by atoms with Crippen molar-refractivity contribution in [2.24, 2.45) is 0 Å². The molecule has 0 saturated carbocycles. The first-order valence-electron chi connectivity index (χ1n) is 8.22. The molecule has 0 radical (unpaired) electrons. The van der Waals surface area contributed by atoms with E-state index in [0.29, 0.717) is 5.92 Å². The monoisotopic (exact) mass is 306 g/mol. The maximum Gasteiger partial charge on any atom is 0.410 e. The number of nitrogens with zero attached hydrogens (tertiary/aromatic N) is 1. The predicted molar refractivity (Wildman–Crippen MR) is 83.9 cm³/mol. The Balaban J connectivity index is 1.57. The number of carbonyl (C=O) groups is 1. The second kappa shape index (κ2) is 5.95. The van der Waals surface area contributed by atoms with Crippen LogP contribution in [0.1, 0.15) is 56.6 Å². The summed E-state index contributed by atoms with van der Waals surface area (Å²) >= 11 is 0. The van der Waals surface area contributed by atoms with Crippen LogP contribution in [-0.2, 0) is 17.7 Å². The molecule has 0 aliphatic carbocycles. The Morgan fingerprint density at radius 3 is 2.73 bits per heavy atom. The maximum atomic E-state index is 12.1. The van der Waals surface area contributed by atoms with E-state index in [1.54, 1.807) is 0 Å². The number of furan rings is 1. The molecule has 122 valence electrons. The highest BCUT2D eigenvalue weighted by Crippen LogP contribution is 2.32. The molecular formula is C17H26N2O3. The van der Waals surface area contributed by atoms with Crippen LogP contribution < -0.4 is 5.32 Å². The first-order valence-corrected chi connectivity index (χ1v) is 8.22. The van der Waals surface area contributed by atoms with Crippen molar-refractivity contribution in [2.75, 3.05) is 19.6 Å². The van der Waals surface area contributed by atoms with E-state index in [4.69, 9.17) is 9.15 Å². The highest BCUT2D eigenvalue weighted by Gasteiger charge is 2.29. The number of hydrogen-bond donors (Lipinski definition) is 1. The number of piperidine rings is 1. The lowest BCUT2D eigenvalue weighted by atomic mass is 9.94. The zero-order chi connectivity index (χ0) is 15.7. The van der Waals surface area contributed by atoms with Crippen LogP contribution in [0.4, 0.5) is 4.79 Å². The van der Waals surface area contributed by atoms with Gasteiger partial charge in [0, 0.05) is 44.1 Å². The quantitative estimate of drug-likeness (QED) is 0.866. The van der Waals surface area contributed by atoms with E-state index in [1.165, 1.54) is 5.56 Å². The van der Waals surface area contributed by atoms with Crippen LogP contribution >= 0.6 is 0 Å². The molecule has 22 heavy (non-hydrogen) atoms. The molecule has 3 heterocycles. The lowest BCUT2D eigenvalue weighted by Gasteiger charge is -2.32. The molecule has 1 fully saturated rings. The van der Waals surface area contributed by atoms with E-state index in [0.717, 1.165) is 57.0 Å². The second-order valence-electron chi connectivity index (χ2n) is 7.27. The van der Waals surface area contributed by atoms with Gasteiger partial charge in [-0.3, -0.25) is 0 Å².